The van der Waals surface area contributed by atoms with Crippen LogP contribution in [0.3, 0.4) is 0 Å². The van der Waals surface area contributed by atoms with E-state index in [-0.39, 0.29) is 50.7 Å². The van der Waals surface area contributed by atoms with Crippen molar-refractivity contribution in [2.24, 2.45) is 0 Å². The monoisotopic (exact) mass is 417 g/mol. The van der Waals surface area contributed by atoms with Crippen LogP contribution in [0.2, 0.25) is 10.0 Å². The van der Waals surface area contributed by atoms with Gasteiger partial charge in [0.25, 0.3) is 5.91 Å². The number of amides is 1. The first-order valence-electron chi connectivity index (χ1n) is 7.45. The molecule has 0 aliphatic carbocycles. The molecule has 9 heteroatoms. The maximum atomic E-state index is 12.9. The fourth-order valence-electron chi connectivity index (χ4n) is 2.70. The van der Waals surface area contributed by atoms with Gasteiger partial charge in [-0.05, 0) is 32.0 Å². The summed E-state index contributed by atoms with van der Waals surface area (Å²) in [7, 11) is 0. The summed E-state index contributed by atoms with van der Waals surface area (Å²) >= 11 is 12.0. The van der Waals surface area contributed by atoms with Crippen molar-refractivity contribution in [1.82, 2.24) is 9.78 Å². The summed E-state index contributed by atoms with van der Waals surface area (Å²) < 4.78 is 6.57. The molecule has 1 aliphatic rings. The summed E-state index contributed by atoms with van der Waals surface area (Å²) in [6.07, 6.45) is 1.38. The second kappa shape index (κ2) is 8.79. The Balaban J connectivity index is 0.00000169. The summed E-state index contributed by atoms with van der Waals surface area (Å²) in [5.41, 5.74) is 1.00. The minimum absolute atomic E-state index is 0. The highest BCUT2D eigenvalue weighted by atomic mass is 35.5. The van der Waals surface area contributed by atoms with Gasteiger partial charge in [0.1, 0.15) is 11.3 Å². The van der Waals surface area contributed by atoms with Crippen molar-refractivity contribution in [3.05, 3.63) is 45.7 Å². The van der Waals surface area contributed by atoms with Crippen LogP contribution in [0.5, 0.6) is 0 Å². The first kappa shape index (κ1) is 22.3. The second-order valence-corrected chi connectivity index (χ2v) is 6.25. The molecule has 0 unspecified atom stereocenters. The van der Waals surface area contributed by atoms with E-state index in [1.165, 1.54) is 6.20 Å². The Morgan fingerprint density at radius 2 is 2.04 bits per heavy atom. The van der Waals surface area contributed by atoms with Crippen molar-refractivity contribution in [2.75, 3.05) is 18.1 Å². The standard InChI is InChI=1S/C16H15Cl2N3O3.CH4.H2S/c1-3-24-16(23)11-7-19-21-9(2)8-20(15(22)14(11)21)10-4-5-12(17)13(18)6-10;;/h4-7,9H,3,8H2,1-2H3;1H4;1H2/t9-;;/m0../s1. The van der Waals surface area contributed by atoms with Gasteiger partial charge in [0.05, 0.1) is 28.9 Å². The van der Waals surface area contributed by atoms with E-state index in [1.807, 2.05) is 6.92 Å². The number of anilines is 1. The fraction of sp³-hybridized carbons (Fsp3) is 0.353. The van der Waals surface area contributed by atoms with Crippen LogP contribution >= 0.6 is 36.7 Å². The molecule has 1 aliphatic heterocycles. The van der Waals surface area contributed by atoms with E-state index in [4.69, 9.17) is 27.9 Å². The number of nitrogens with zero attached hydrogens (tertiary/aromatic N) is 3. The topological polar surface area (TPSA) is 64.4 Å². The summed E-state index contributed by atoms with van der Waals surface area (Å²) in [6.45, 7) is 4.26. The Kier molecular flexibility index (Phi) is 7.56. The van der Waals surface area contributed by atoms with Crippen molar-refractivity contribution < 1.29 is 14.3 Å². The second-order valence-electron chi connectivity index (χ2n) is 5.44. The molecule has 2 aromatic rings. The van der Waals surface area contributed by atoms with Gasteiger partial charge in [0, 0.05) is 12.2 Å². The van der Waals surface area contributed by atoms with E-state index < -0.39 is 5.97 Å². The molecule has 0 N–H and O–H groups in total. The average molecular weight is 418 g/mol. The molecule has 0 radical (unpaired) electrons. The first-order valence-corrected chi connectivity index (χ1v) is 8.21. The average Bonchev–Trinajstić information content (AvgIpc) is 3.00. The number of carbonyl (C=O) groups excluding carboxylic acids is 2. The van der Waals surface area contributed by atoms with E-state index in [0.29, 0.717) is 22.3 Å². The van der Waals surface area contributed by atoms with Gasteiger partial charge in [-0.3, -0.25) is 9.48 Å². The van der Waals surface area contributed by atoms with Gasteiger partial charge in [-0.1, -0.05) is 30.6 Å². The Morgan fingerprint density at radius 3 is 2.65 bits per heavy atom. The molecule has 1 aromatic heterocycles. The van der Waals surface area contributed by atoms with Crippen LogP contribution in [-0.4, -0.2) is 34.8 Å². The van der Waals surface area contributed by atoms with Crippen LogP contribution in [0, 0.1) is 0 Å². The zero-order chi connectivity index (χ0) is 17.4. The van der Waals surface area contributed by atoms with Gasteiger partial charge >= 0.3 is 5.97 Å². The van der Waals surface area contributed by atoms with E-state index >= 15 is 0 Å². The highest BCUT2D eigenvalue weighted by molar-refractivity contribution is 7.59. The van der Waals surface area contributed by atoms with E-state index in [9.17, 15) is 9.59 Å². The van der Waals surface area contributed by atoms with Crippen LogP contribution in [0.15, 0.2) is 24.4 Å². The van der Waals surface area contributed by atoms with Crippen LogP contribution in [0.1, 0.15) is 48.2 Å². The molecule has 142 valence electrons. The molecule has 6 nitrogen and oxygen atoms in total. The molecule has 1 aromatic carbocycles. The van der Waals surface area contributed by atoms with Gasteiger partial charge < -0.3 is 9.64 Å². The maximum Gasteiger partial charge on any atom is 0.342 e. The zero-order valence-corrected chi connectivity index (χ0v) is 16.1. The lowest BCUT2D eigenvalue weighted by atomic mass is 10.1. The Morgan fingerprint density at radius 1 is 1.35 bits per heavy atom. The number of hydrogen-bond donors (Lipinski definition) is 0. The number of halogens is 2. The molecule has 26 heavy (non-hydrogen) atoms. The predicted molar refractivity (Wildman–Crippen MR) is 108 cm³/mol. The van der Waals surface area contributed by atoms with Crippen LogP contribution in [0.4, 0.5) is 5.69 Å². The lowest BCUT2D eigenvalue weighted by Crippen LogP contribution is -2.43. The van der Waals surface area contributed by atoms with Crippen LogP contribution in [0.25, 0.3) is 0 Å². The first-order chi connectivity index (χ1) is 11.4. The van der Waals surface area contributed by atoms with E-state index in [2.05, 4.69) is 5.10 Å². The van der Waals surface area contributed by atoms with Gasteiger partial charge in [0.2, 0.25) is 0 Å². The predicted octanol–water partition coefficient (Wildman–Crippen LogP) is 4.34. The number of aromatic nitrogens is 2. The number of fused-ring (bicyclic) bond motifs is 1. The fourth-order valence-corrected chi connectivity index (χ4v) is 2.99. The maximum absolute atomic E-state index is 12.9. The molecule has 0 saturated carbocycles. The quantitative estimate of drug-likeness (QED) is 0.696. The molecule has 0 bridgehead atoms. The molecular weight excluding hydrogens is 397 g/mol. The van der Waals surface area contributed by atoms with Crippen molar-refractivity contribution in [3.8, 4) is 0 Å². The van der Waals surface area contributed by atoms with Gasteiger partial charge in [-0.15, -0.1) is 0 Å². The molecule has 1 atom stereocenters. The number of benzene rings is 1. The van der Waals surface area contributed by atoms with Crippen molar-refractivity contribution in [1.29, 1.82) is 0 Å². The number of rotatable bonds is 3. The Labute approximate surface area is 169 Å². The third-order valence-corrected chi connectivity index (χ3v) is 4.56. The van der Waals surface area contributed by atoms with Gasteiger partial charge in [-0.2, -0.15) is 18.6 Å². The summed E-state index contributed by atoms with van der Waals surface area (Å²) in [6, 6.07) is 4.88. The smallest absolute Gasteiger partial charge is 0.342 e. The zero-order valence-electron chi connectivity index (χ0n) is 13.6. The molecule has 0 fully saturated rings. The molecule has 1 amide bonds. The molecule has 2 heterocycles. The largest absolute Gasteiger partial charge is 0.462 e. The van der Waals surface area contributed by atoms with Crippen molar-refractivity contribution in [3.63, 3.8) is 0 Å². The highest BCUT2D eigenvalue weighted by Crippen LogP contribution is 2.32. The minimum atomic E-state index is -0.560. The lowest BCUT2D eigenvalue weighted by Gasteiger charge is -2.32. The minimum Gasteiger partial charge on any atom is -0.462 e. The summed E-state index contributed by atoms with van der Waals surface area (Å²) in [5.74, 6) is -0.887. The van der Waals surface area contributed by atoms with Gasteiger partial charge in [-0.25, -0.2) is 4.79 Å². The van der Waals surface area contributed by atoms with Crippen molar-refractivity contribution in [2.45, 2.75) is 27.3 Å². The molecular formula is C17H21Cl2N3O3S. The van der Waals surface area contributed by atoms with E-state index in [0.717, 1.165) is 0 Å². The molecule has 0 saturated heterocycles. The summed E-state index contributed by atoms with van der Waals surface area (Å²) in [4.78, 5) is 26.6. The molecule has 3 rings (SSSR count). The van der Waals surface area contributed by atoms with Gasteiger partial charge in [0.15, 0.2) is 0 Å². The number of esters is 1. The lowest BCUT2D eigenvalue weighted by molar-refractivity contribution is 0.0522. The Bertz CT molecular complexity index is 826. The number of ether oxygens (including phenoxy) is 1. The van der Waals surface area contributed by atoms with Crippen LogP contribution < -0.4 is 4.90 Å². The normalized spacial score (nSPS) is 15.6. The number of hydrogen-bond acceptors (Lipinski definition) is 4. The third kappa shape index (κ3) is 3.84. The SMILES string of the molecule is C.CCOC(=O)c1cnn2c1C(=O)N(c1ccc(Cl)c(Cl)c1)C[C@@H]2C.S. The van der Waals surface area contributed by atoms with Crippen molar-refractivity contribution >= 4 is 54.3 Å². The third-order valence-electron chi connectivity index (χ3n) is 3.82. The summed E-state index contributed by atoms with van der Waals surface area (Å²) in [5, 5.41) is 4.95. The number of carbonyl (C=O) groups is 2. The Hall–Kier alpha value is -1.70. The molecule has 0 spiro atoms. The van der Waals surface area contributed by atoms with E-state index in [1.54, 1.807) is 34.7 Å². The highest BCUT2D eigenvalue weighted by Gasteiger charge is 2.35. The van der Waals surface area contributed by atoms with Crippen LogP contribution in [-0.2, 0) is 4.74 Å².